The van der Waals surface area contributed by atoms with Crippen molar-refractivity contribution >= 4 is 17.3 Å². The predicted octanol–water partition coefficient (Wildman–Crippen LogP) is -0.256. The van der Waals surface area contributed by atoms with E-state index in [0.717, 1.165) is 11.2 Å². The fourth-order valence-electron chi connectivity index (χ4n) is 0.670. The zero-order valence-corrected chi connectivity index (χ0v) is 7.04. The summed E-state index contributed by atoms with van der Waals surface area (Å²) in [7, 11) is 1.46. The molecule has 0 radical (unpaired) electrons. The van der Waals surface area contributed by atoms with Crippen molar-refractivity contribution in [1.82, 2.24) is 9.78 Å². The van der Waals surface area contributed by atoms with Gasteiger partial charge in [0.2, 0.25) is 0 Å². The Bertz CT molecular complexity index is 427. The van der Waals surface area contributed by atoms with Gasteiger partial charge in [-0.3, -0.25) is 4.79 Å². The monoisotopic (exact) mass is 191 g/mol. The molecule has 66 valence electrons. The summed E-state index contributed by atoms with van der Waals surface area (Å²) >= 11 is 5.65. The highest BCUT2D eigenvalue weighted by atomic mass is 35.5. The van der Waals surface area contributed by atoms with E-state index in [0.29, 0.717) is 4.68 Å². The van der Waals surface area contributed by atoms with Crippen molar-refractivity contribution in [2.24, 2.45) is 12.8 Å². The highest BCUT2D eigenvalue weighted by Crippen LogP contribution is 2.16. The van der Waals surface area contributed by atoms with Crippen molar-refractivity contribution in [2.75, 3.05) is 12.1 Å². The lowest BCUT2D eigenvalue weighted by Crippen LogP contribution is -2.29. The fourth-order valence-corrected chi connectivity index (χ4v) is 0.932. The van der Waals surface area contributed by atoms with Crippen LogP contribution in [0.3, 0.4) is 0 Å². The van der Waals surface area contributed by atoms with Crippen molar-refractivity contribution in [1.29, 1.82) is 0 Å². The summed E-state index contributed by atoms with van der Waals surface area (Å²) in [6.45, 7) is -2.65. The average Bonchev–Trinajstić information content (AvgIpc) is 2.06. The van der Waals surface area contributed by atoms with Gasteiger partial charge in [0.15, 0.2) is 0 Å². The second-order valence-electron chi connectivity index (χ2n) is 2.17. The maximum absolute atomic E-state index is 11.5. The number of aromatic nitrogens is 2. The third kappa shape index (κ3) is 1.41. The normalized spacial score (nSPS) is 14.8. The largest absolute Gasteiger partial charge is 0.311 e. The Labute approximate surface area is 78.5 Å². The van der Waals surface area contributed by atoms with Crippen molar-refractivity contribution in [2.45, 2.75) is 0 Å². The summed E-state index contributed by atoms with van der Waals surface area (Å²) in [5, 5.41) is 4.28. The molecule has 2 N–H and O–H groups in total. The van der Waals surface area contributed by atoms with Crippen LogP contribution in [-0.4, -0.2) is 16.8 Å². The van der Waals surface area contributed by atoms with Crippen molar-refractivity contribution in [3.63, 3.8) is 0 Å². The number of hydrogen-bond donors (Lipinski definition) is 1. The molecule has 6 heteroatoms. The van der Waals surface area contributed by atoms with E-state index in [9.17, 15) is 4.79 Å². The fraction of sp³-hybridized carbons (Fsp3) is 0.333. The Morgan fingerprint density at radius 2 is 2.58 bits per heavy atom. The van der Waals surface area contributed by atoms with Gasteiger partial charge in [-0.1, -0.05) is 11.6 Å². The van der Waals surface area contributed by atoms with Gasteiger partial charge in [0.25, 0.3) is 5.56 Å². The van der Waals surface area contributed by atoms with Crippen LogP contribution < -0.4 is 16.4 Å². The molecule has 0 aromatic carbocycles. The van der Waals surface area contributed by atoms with Crippen LogP contribution in [0, 0.1) is 0 Å². The zero-order valence-electron chi connectivity index (χ0n) is 9.28. The molecule has 0 spiro atoms. The number of nitrogens with two attached hydrogens (primary N) is 1. The number of nitrogens with zero attached hydrogens (tertiary/aromatic N) is 3. The van der Waals surface area contributed by atoms with Crippen LogP contribution in [0.5, 0.6) is 0 Å². The van der Waals surface area contributed by atoms with Gasteiger partial charge in [-0.05, 0) is 0 Å². The third-order valence-electron chi connectivity index (χ3n) is 1.28. The molecule has 0 atom stereocenters. The molecule has 0 aliphatic rings. The predicted molar refractivity (Wildman–Crippen MR) is 47.1 cm³/mol. The number of aryl methyl sites for hydroxylation is 1. The van der Waals surface area contributed by atoms with Crippen LogP contribution in [0.2, 0.25) is 5.02 Å². The lowest BCUT2D eigenvalue weighted by Gasteiger charge is -2.12. The van der Waals surface area contributed by atoms with Gasteiger partial charge in [0.05, 0.1) is 11.9 Å². The van der Waals surface area contributed by atoms with Gasteiger partial charge in [0.1, 0.15) is 5.02 Å². The van der Waals surface area contributed by atoms with E-state index in [2.05, 4.69) is 5.10 Å². The first-order valence-electron chi connectivity index (χ1n) is 4.52. The second kappa shape index (κ2) is 3.12. The molecule has 0 aliphatic carbocycles. The molecule has 1 aromatic heterocycles. The Hall–Kier alpha value is -1.07. The summed E-state index contributed by atoms with van der Waals surface area (Å²) in [6.07, 6.45) is 1.12. The van der Waals surface area contributed by atoms with Gasteiger partial charge in [-0.2, -0.15) is 5.10 Å². The quantitative estimate of drug-likeness (QED) is 0.491. The lowest BCUT2D eigenvalue weighted by molar-refractivity contribution is 0.705. The van der Waals surface area contributed by atoms with Gasteiger partial charge < -0.3 is 5.01 Å². The number of hydrazine groups is 1. The first-order chi connectivity index (χ1) is 6.75. The first kappa shape index (κ1) is 5.55. The smallest absolute Gasteiger partial charge is 0.287 e. The highest BCUT2D eigenvalue weighted by molar-refractivity contribution is 6.32. The van der Waals surface area contributed by atoms with E-state index >= 15 is 0 Å². The Morgan fingerprint density at radius 3 is 3.08 bits per heavy atom. The van der Waals surface area contributed by atoms with Crippen molar-refractivity contribution in [3.05, 3.63) is 21.6 Å². The van der Waals surface area contributed by atoms with Crippen LogP contribution in [0.4, 0.5) is 5.69 Å². The van der Waals surface area contributed by atoms with E-state index in [1.165, 1.54) is 7.05 Å². The summed E-state index contributed by atoms with van der Waals surface area (Å²) < 4.78 is 21.4. The Kier molecular flexibility index (Phi) is 1.44. The number of rotatable bonds is 1. The molecular formula is C6H9ClN4O. The standard InChI is InChI=1S/C6H9ClN4O/c1-10(8)4-3-9-11(2)6(12)5(4)7/h3H,8H2,1-2H3/i2D3. The Morgan fingerprint density at radius 1 is 1.92 bits per heavy atom. The number of hydrogen-bond acceptors (Lipinski definition) is 4. The summed E-state index contributed by atoms with van der Waals surface area (Å²) in [5.41, 5.74) is -0.728. The Balaban J connectivity index is 3.42. The van der Waals surface area contributed by atoms with Crippen molar-refractivity contribution in [3.8, 4) is 0 Å². The topological polar surface area (TPSA) is 64.2 Å². The highest BCUT2D eigenvalue weighted by Gasteiger charge is 2.08. The average molecular weight is 192 g/mol. The van der Waals surface area contributed by atoms with Gasteiger partial charge in [-0.25, -0.2) is 10.5 Å². The van der Waals surface area contributed by atoms with Gasteiger partial charge >= 0.3 is 0 Å². The molecule has 0 saturated heterocycles. The molecule has 0 aliphatic heterocycles. The molecule has 0 amide bonds. The van der Waals surface area contributed by atoms with Crippen LogP contribution in [0.1, 0.15) is 4.11 Å². The van der Waals surface area contributed by atoms with E-state index in [1.54, 1.807) is 0 Å². The van der Waals surface area contributed by atoms with Gasteiger partial charge in [-0.15, -0.1) is 0 Å². The van der Waals surface area contributed by atoms with E-state index in [-0.39, 0.29) is 10.7 Å². The molecule has 0 fully saturated rings. The van der Waals surface area contributed by atoms with E-state index in [1.807, 2.05) is 0 Å². The minimum Gasteiger partial charge on any atom is -0.311 e. The zero-order chi connectivity index (χ0) is 11.8. The minimum atomic E-state index is -2.65. The molecule has 1 aromatic rings. The first-order valence-corrected chi connectivity index (χ1v) is 3.39. The van der Waals surface area contributed by atoms with Crippen LogP contribution in [0.25, 0.3) is 0 Å². The maximum atomic E-state index is 11.5. The van der Waals surface area contributed by atoms with Crippen LogP contribution in [0.15, 0.2) is 11.0 Å². The number of anilines is 1. The molecule has 0 bridgehead atoms. The van der Waals surface area contributed by atoms with Crippen LogP contribution >= 0.6 is 11.6 Å². The van der Waals surface area contributed by atoms with Crippen molar-refractivity contribution < 1.29 is 4.11 Å². The third-order valence-corrected chi connectivity index (χ3v) is 1.64. The molecule has 0 unspecified atom stereocenters. The summed E-state index contributed by atoms with van der Waals surface area (Å²) in [6, 6.07) is 0. The minimum absolute atomic E-state index is 0.169. The number of halogens is 1. The second-order valence-corrected chi connectivity index (χ2v) is 2.55. The molecule has 1 heterocycles. The van der Waals surface area contributed by atoms with Gasteiger partial charge in [0, 0.05) is 18.1 Å². The lowest BCUT2D eigenvalue weighted by atomic mass is 10.4. The van der Waals surface area contributed by atoms with E-state index < -0.39 is 12.5 Å². The molecular weight excluding hydrogens is 180 g/mol. The molecule has 0 saturated carbocycles. The molecule has 1 rings (SSSR count). The summed E-state index contributed by atoms with van der Waals surface area (Å²) in [4.78, 5) is 11.5. The van der Waals surface area contributed by atoms with Crippen LogP contribution in [-0.2, 0) is 6.98 Å². The van der Waals surface area contributed by atoms with E-state index in [4.69, 9.17) is 21.6 Å². The summed E-state index contributed by atoms with van der Waals surface area (Å²) in [5.74, 6) is 5.36. The molecule has 12 heavy (non-hydrogen) atoms. The SMILES string of the molecule is [2H]C([2H])([2H])n1ncc(N(C)N)c(Cl)c1=O. The molecule has 5 nitrogen and oxygen atoms in total. The maximum Gasteiger partial charge on any atom is 0.287 e.